The third kappa shape index (κ3) is 4.25. The van der Waals surface area contributed by atoms with Crippen LogP contribution in [0.3, 0.4) is 0 Å². The monoisotopic (exact) mass is 254 g/mol. The first kappa shape index (κ1) is 13.3. The van der Waals surface area contributed by atoms with E-state index in [0.717, 1.165) is 12.0 Å². The predicted molar refractivity (Wildman–Crippen MR) is 75.7 cm³/mol. The van der Waals surface area contributed by atoms with Crippen LogP contribution in [-0.2, 0) is 22.6 Å². The standard InChI is InChI=1S/C17H18O2/c1-14-7-5-6-10-16(14)11-12-17(18)19-13-15-8-3-2-4-9-15/h2-10H,11-13H2,1H3. The number of carbonyl (C=O) groups is 1. The zero-order valence-electron chi connectivity index (χ0n) is 11.1. The third-order valence-electron chi connectivity index (χ3n) is 3.10. The van der Waals surface area contributed by atoms with Crippen molar-refractivity contribution in [2.45, 2.75) is 26.4 Å². The van der Waals surface area contributed by atoms with Gasteiger partial charge in [-0.25, -0.2) is 0 Å². The van der Waals surface area contributed by atoms with Crippen LogP contribution in [0.1, 0.15) is 23.1 Å². The van der Waals surface area contributed by atoms with Crippen LogP contribution in [0.4, 0.5) is 0 Å². The molecule has 0 unspecified atom stereocenters. The van der Waals surface area contributed by atoms with Gasteiger partial charge in [-0.2, -0.15) is 0 Å². The molecular formula is C17H18O2. The lowest BCUT2D eigenvalue weighted by molar-refractivity contribution is -0.144. The molecule has 0 aliphatic heterocycles. The average Bonchev–Trinajstić information content (AvgIpc) is 2.45. The van der Waals surface area contributed by atoms with Gasteiger partial charge in [0.1, 0.15) is 6.61 Å². The lowest BCUT2D eigenvalue weighted by Gasteiger charge is -2.06. The zero-order chi connectivity index (χ0) is 13.5. The summed E-state index contributed by atoms with van der Waals surface area (Å²) < 4.78 is 5.25. The maximum Gasteiger partial charge on any atom is 0.306 e. The Balaban J connectivity index is 1.78. The van der Waals surface area contributed by atoms with Gasteiger partial charge in [0.15, 0.2) is 0 Å². The first-order valence-corrected chi connectivity index (χ1v) is 6.50. The summed E-state index contributed by atoms with van der Waals surface area (Å²) in [5.74, 6) is -0.146. The molecule has 0 heterocycles. The Kier molecular flexibility index (Phi) is 4.73. The smallest absolute Gasteiger partial charge is 0.306 e. The van der Waals surface area contributed by atoms with Crippen molar-refractivity contribution >= 4 is 5.97 Å². The molecule has 98 valence electrons. The van der Waals surface area contributed by atoms with E-state index in [-0.39, 0.29) is 5.97 Å². The molecule has 0 spiro atoms. The Hall–Kier alpha value is -2.09. The number of esters is 1. The van der Waals surface area contributed by atoms with E-state index < -0.39 is 0 Å². The number of ether oxygens (including phenoxy) is 1. The largest absolute Gasteiger partial charge is 0.461 e. The fourth-order valence-electron chi connectivity index (χ4n) is 1.94. The van der Waals surface area contributed by atoms with Gasteiger partial charge in [-0.05, 0) is 30.0 Å². The van der Waals surface area contributed by atoms with Crippen LogP contribution >= 0.6 is 0 Å². The molecular weight excluding hydrogens is 236 g/mol. The Bertz CT molecular complexity index is 532. The molecule has 0 aliphatic carbocycles. The molecule has 0 radical (unpaired) electrons. The summed E-state index contributed by atoms with van der Waals surface area (Å²) in [5, 5.41) is 0. The maximum absolute atomic E-state index is 11.7. The van der Waals surface area contributed by atoms with Gasteiger partial charge in [0.2, 0.25) is 0 Å². The van der Waals surface area contributed by atoms with E-state index in [0.29, 0.717) is 13.0 Å². The quantitative estimate of drug-likeness (QED) is 0.761. The third-order valence-corrected chi connectivity index (χ3v) is 3.10. The van der Waals surface area contributed by atoms with Gasteiger partial charge in [0.25, 0.3) is 0 Å². The van der Waals surface area contributed by atoms with Crippen molar-refractivity contribution in [3.8, 4) is 0 Å². The Morgan fingerprint density at radius 1 is 1.00 bits per heavy atom. The highest BCUT2D eigenvalue weighted by atomic mass is 16.5. The van der Waals surface area contributed by atoms with Gasteiger partial charge >= 0.3 is 5.97 Å². The fourth-order valence-corrected chi connectivity index (χ4v) is 1.94. The van der Waals surface area contributed by atoms with Crippen LogP contribution in [0.2, 0.25) is 0 Å². The van der Waals surface area contributed by atoms with Gasteiger partial charge in [-0.15, -0.1) is 0 Å². The average molecular weight is 254 g/mol. The predicted octanol–water partition coefficient (Wildman–Crippen LogP) is 3.67. The topological polar surface area (TPSA) is 26.3 Å². The Morgan fingerprint density at radius 3 is 2.42 bits per heavy atom. The fraction of sp³-hybridized carbons (Fsp3) is 0.235. The second-order valence-corrected chi connectivity index (χ2v) is 4.57. The van der Waals surface area contributed by atoms with Crippen LogP contribution in [0.15, 0.2) is 54.6 Å². The molecule has 2 nitrogen and oxygen atoms in total. The Morgan fingerprint density at radius 2 is 1.68 bits per heavy atom. The molecule has 2 rings (SSSR count). The highest BCUT2D eigenvalue weighted by Crippen LogP contribution is 2.10. The highest BCUT2D eigenvalue weighted by molar-refractivity contribution is 5.69. The molecule has 2 heteroatoms. The summed E-state index contributed by atoms with van der Waals surface area (Å²) >= 11 is 0. The minimum Gasteiger partial charge on any atom is -0.461 e. The first-order chi connectivity index (χ1) is 9.25. The molecule has 19 heavy (non-hydrogen) atoms. The molecule has 0 amide bonds. The molecule has 0 aliphatic rings. The molecule has 0 aromatic heterocycles. The zero-order valence-corrected chi connectivity index (χ0v) is 11.1. The van der Waals surface area contributed by atoms with Crippen LogP contribution in [0.25, 0.3) is 0 Å². The number of hydrogen-bond donors (Lipinski definition) is 0. The Labute approximate surface area is 114 Å². The maximum atomic E-state index is 11.7. The molecule has 0 saturated heterocycles. The first-order valence-electron chi connectivity index (χ1n) is 6.50. The number of carbonyl (C=O) groups excluding carboxylic acids is 1. The van der Waals surface area contributed by atoms with Crippen molar-refractivity contribution < 1.29 is 9.53 Å². The molecule has 0 fully saturated rings. The van der Waals surface area contributed by atoms with Crippen LogP contribution in [0.5, 0.6) is 0 Å². The molecule has 0 bridgehead atoms. The number of rotatable bonds is 5. The summed E-state index contributed by atoms with van der Waals surface area (Å²) in [4.78, 5) is 11.7. The SMILES string of the molecule is Cc1ccccc1CCC(=O)OCc1ccccc1. The second kappa shape index (κ2) is 6.74. The van der Waals surface area contributed by atoms with Gasteiger partial charge in [0, 0.05) is 6.42 Å². The van der Waals surface area contributed by atoms with E-state index in [1.807, 2.05) is 42.5 Å². The molecule has 0 saturated carbocycles. The van der Waals surface area contributed by atoms with Crippen LogP contribution < -0.4 is 0 Å². The lowest BCUT2D eigenvalue weighted by Crippen LogP contribution is -2.06. The van der Waals surface area contributed by atoms with Crippen molar-refractivity contribution in [3.05, 3.63) is 71.3 Å². The van der Waals surface area contributed by atoms with Crippen molar-refractivity contribution in [1.82, 2.24) is 0 Å². The van der Waals surface area contributed by atoms with Crippen LogP contribution in [-0.4, -0.2) is 5.97 Å². The summed E-state index contributed by atoms with van der Waals surface area (Å²) in [6, 6.07) is 17.9. The van der Waals surface area contributed by atoms with E-state index in [1.165, 1.54) is 11.1 Å². The van der Waals surface area contributed by atoms with Gasteiger partial charge in [-0.1, -0.05) is 54.6 Å². The van der Waals surface area contributed by atoms with E-state index in [1.54, 1.807) is 0 Å². The van der Waals surface area contributed by atoms with Gasteiger partial charge in [-0.3, -0.25) is 4.79 Å². The van der Waals surface area contributed by atoms with E-state index in [2.05, 4.69) is 19.1 Å². The van der Waals surface area contributed by atoms with Gasteiger partial charge < -0.3 is 4.74 Å². The summed E-state index contributed by atoms with van der Waals surface area (Å²) in [6.45, 7) is 2.41. The summed E-state index contributed by atoms with van der Waals surface area (Å²) in [6.07, 6.45) is 1.16. The lowest BCUT2D eigenvalue weighted by atomic mass is 10.0. The van der Waals surface area contributed by atoms with Crippen molar-refractivity contribution in [3.63, 3.8) is 0 Å². The van der Waals surface area contributed by atoms with Crippen molar-refractivity contribution in [2.75, 3.05) is 0 Å². The normalized spacial score (nSPS) is 10.2. The summed E-state index contributed by atoms with van der Waals surface area (Å²) in [5.41, 5.74) is 3.45. The van der Waals surface area contributed by atoms with E-state index >= 15 is 0 Å². The molecule has 0 N–H and O–H groups in total. The summed E-state index contributed by atoms with van der Waals surface area (Å²) in [7, 11) is 0. The van der Waals surface area contributed by atoms with E-state index in [9.17, 15) is 4.79 Å². The van der Waals surface area contributed by atoms with Gasteiger partial charge in [0.05, 0.1) is 0 Å². The number of benzene rings is 2. The van der Waals surface area contributed by atoms with Crippen molar-refractivity contribution in [1.29, 1.82) is 0 Å². The highest BCUT2D eigenvalue weighted by Gasteiger charge is 2.05. The second-order valence-electron chi connectivity index (χ2n) is 4.57. The number of aryl methyl sites for hydroxylation is 2. The minimum absolute atomic E-state index is 0.146. The van der Waals surface area contributed by atoms with E-state index in [4.69, 9.17) is 4.74 Å². The molecule has 2 aromatic rings. The molecule has 2 aromatic carbocycles. The van der Waals surface area contributed by atoms with Crippen LogP contribution in [0, 0.1) is 6.92 Å². The molecule has 0 atom stereocenters. The number of hydrogen-bond acceptors (Lipinski definition) is 2. The van der Waals surface area contributed by atoms with Crippen molar-refractivity contribution in [2.24, 2.45) is 0 Å². The minimum atomic E-state index is -0.146.